The number of rotatable bonds is 4. The first-order valence-electron chi connectivity index (χ1n) is 10.5. The average molecular weight is 461 g/mol. The number of nitrogens with one attached hydrogen (secondary N) is 1. The molecule has 0 saturated carbocycles. The number of aromatic amines is 1. The highest BCUT2D eigenvalue weighted by Gasteiger charge is 2.35. The first-order chi connectivity index (χ1) is 16.2. The second-order valence-electron chi connectivity index (χ2n) is 8.36. The van der Waals surface area contributed by atoms with Crippen molar-refractivity contribution in [3.8, 4) is 6.07 Å². The zero-order valence-corrected chi connectivity index (χ0v) is 18.0. The van der Waals surface area contributed by atoms with Crippen molar-refractivity contribution < 1.29 is 18.0 Å². The van der Waals surface area contributed by atoms with Gasteiger partial charge in [-0.1, -0.05) is 23.8 Å². The molecule has 0 spiro atoms. The SMILES string of the molecule is CC1=C(C(=O)Cc2ccc3[nH]ncc3c2)C(c2ccc(C(F)(F)F)cc2)n2nc(C#N)cc2C1. The van der Waals surface area contributed by atoms with Crippen LogP contribution < -0.4 is 0 Å². The number of fused-ring (bicyclic) bond motifs is 2. The predicted octanol–water partition coefficient (Wildman–Crippen LogP) is 4.92. The summed E-state index contributed by atoms with van der Waals surface area (Å²) in [5, 5.41) is 21.4. The van der Waals surface area contributed by atoms with Crippen LogP contribution in [-0.2, 0) is 23.8 Å². The van der Waals surface area contributed by atoms with Gasteiger partial charge in [0.2, 0.25) is 0 Å². The van der Waals surface area contributed by atoms with Gasteiger partial charge in [0.25, 0.3) is 0 Å². The van der Waals surface area contributed by atoms with Crippen LogP contribution in [0, 0.1) is 11.3 Å². The number of nitrogens with zero attached hydrogens (tertiary/aromatic N) is 4. The minimum atomic E-state index is -4.47. The Morgan fingerprint density at radius 1 is 1.21 bits per heavy atom. The number of hydrogen-bond donors (Lipinski definition) is 1. The molecule has 34 heavy (non-hydrogen) atoms. The Kier molecular flexibility index (Phi) is 5.09. The molecule has 6 nitrogen and oxygen atoms in total. The number of hydrogen-bond acceptors (Lipinski definition) is 4. The Balaban J connectivity index is 1.56. The van der Waals surface area contributed by atoms with Crippen LogP contribution >= 0.6 is 0 Å². The van der Waals surface area contributed by atoms with Crippen LogP contribution in [0.4, 0.5) is 13.2 Å². The number of H-pyrrole nitrogens is 1. The van der Waals surface area contributed by atoms with Gasteiger partial charge in [-0.05, 0) is 48.4 Å². The number of carbonyl (C=O) groups is 1. The van der Waals surface area contributed by atoms with Crippen LogP contribution in [-0.4, -0.2) is 25.8 Å². The van der Waals surface area contributed by atoms with Gasteiger partial charge < -0.3 is 0 Å². The smallest absolute Gasteiger partial charge is 0.294 e. The molecule has 0 saturated heterocycles. The summed E-state index contributed by atoms with van der Waals surface area (Å²) in [4.78, 5) is 13.6. The maximum atomic E-state index is 13.6. The summed E-state index contributed by atoms with van der Waals surface area (Å²) in [6.07, 6.45) is -2.24. The Morgan fingerprint density at radius 2 is 1.97 bits per heavy atom. The van der Waals surface area contributed by atoms with Gasteiger partial charge in [0.15, 0.2) is 11.5 Å². The quantitative estimate of drug-likeness (QED) is 0.467. The van der Waals surface area contributed by atoms with Crippen LogP contribution in [0.5, 0.6) is 0 Å². The molecule has 170 valence electrons. The number of Topliss-reactive ketones (excluding diaryl/α,β-unsaturated/α-hetero) is 1. The number of aromatic nitrogens is 4. The van der Waals surface area contributed by atoms with Crippen LogP contribution in [0.25, 0.3) is 10.9 Å². The molecule has 5 rings (SSSR count). The molecule has 3 heterocycles. The Bertz CT molecular complexity index is 1490. The molecule has 0 fully saturated rings. The Morgan fingerprint density at radius 3 is 2.68 bits per heavy atom. The Hall–Kier alpha value is -4.19. The fourth-order valence-corrected chi connectivity index (χ4v) is 4.50. The highest BCUT2D eigenvalue weighted by atomic mass is 19.4. The van der Waals surface area contributed by atoms with Crippen LogP contribution in [0.15, 0.2) is 65.9 Å². The zero-order chi connectivity index (χ0) is 24.0. The van der Waals surface area contributed by atoms with Gasteiger partial charge >= 0.3 is 6.18 Å². The van der Waals surface area contributed by atoms with Gasteiger partial charge in [-0.15, -0.1) is 0 Å². The largest absolute Gasteiger partial charge is 0.416 e. The molecule has 4 aromatic rings. The molecule has 1 atom stereocenters. The number of benzene rings is 2. The lowest BCUT2D eigenvalue weighted by Crippen LogP contribution is -2.28. The number of nitriles is 1. The molecule has 2 aromatic carbocycles. The van der Waals surface area contributed by atoms with E-state index in [0.29, 0.717) is 17.6 Å². The van der Waals surface area contributed by atoms with E-state index in [9.17, 15) is 23.2 Å². The number of alkyl halides is 3. The average Bonchev–Trinajstić information content (AvgIpc) is 3.43. The highest BCUT2D eigenvalue weighted by Crippen LogP contribution is 2.38. The third-order valence-electron chi connectivity index (χ3n) is 6.08. The van der Waals surface area contributed by atoms with Gasteiger partial charge in [0.05, 0.1) is 17.3 Å². The highest BCUT2D eigenvalue weighted by molar-refractivity contribution is 5.99. The summed E-state index contributed by atoms with van der Waals surface area (Å²) in [7, 11) is 0. The molecule has 0 radical (unpaired) electrons. The summed E-state index contributed by atoms with van der Waals surface area (Å²) in [5.41, 5.74) is 3.59. The van der Waals surface area contributed by atoms with E-state index in [4.69, 9.17) is 0 Å². The molecule has 2 aromatic heterocycles. The third kappa shape index (κ3) is 3.77. The monoisotopic (exact) mass is 461 g/mol. The summed E-state index contributed by atoms with van der Waals surface area (Å²) < 4.78 is 41.0. The van der Waals surface area contributed by atoms with Crippen molar-refractivity contribution in [1.82, 2.24) is 20.0 Å². The first-order valence-corrected chi connectivity index (χ1v) is 10.5. The van der Waals surface area contributed by atoms with Gasteiger partial charge in [0.1, 0.15) is 12.1 Å². The second-order valence-corrected chi connectivity index (χ2v) is 8.36. The van der Waals surface area contributed by atoms with Crippen molar-refractivity contribution in [2.45, 2.75) is 32.0 Å². The molecule has 9 heteroatoms. The number of ketones is 1. The van der Waals surface area contributed by atoms with E-state index in [-0.39, 0.29) is 17.9 Å². The lowest BCUT2D eigenvalue weighted by Gasteiger charge is -2.29. The second kappa shape index (κ2) is 7.99. The van der Waals surface area contributed by atoms with Gasteiger partial charge in [0, 0.05) is 29.5 Å². The molecule has 1 unspecified atom stereocenters. The molecule has 0 bridgehead atoms. The summed E-state index contributed by atoms with van der Waals surface area (Å²) >= 11 is 0. The third-order valence-corrected chi connectivity index (χ3v) is 6.08. The molecule has 1 aliphatic heterocycles. The Labute approximate surface area is 192 Å². The van der Waals surface area contributed by atoms with Gasteiger partial charge in [-0.25, -0.2) is 0 Å². The van der Waals surface area contributed by atoms with Crippen molar-refractivity contribution in [3.05, 3.63) is 94.0 Å². The molecular formula is C25H18F3N5O. The van der Waals surface area contributed by atoms with Crippen LogP contribution in [0.1, 0.15) is 41.0 Å². The normalized spacial score (nSPS) is 15.9. The van der Waals surface area contributed by atoms with Crippen molar-refractivity contribution in [2.75, 3.05) is 0 Å². The summed E-state index contributed by atoms with van der Waals surface area (Å²) in [5.74, 6) is -0.148. The van der Waals surface area contributed by atoms with Crippen molar-refractivity contribution in [1.29, 1.82) is 5.26 Å². The fraction of sp³-hybridized carbons (Fsp3) is 0.200. The molecule has 0 aliphatic carbocycles. The molecule has 1 N–H and O–H groups in total. The maximum Gasteiger partial charge on any atom is 0.416 e. The molecular weight excluding hydrogens is 443 g/mol. The minimum Gasteiger partial charge on any atom is -0.294 e. The lowest BCUT2D eigenvalue weighted by atomic mass is 9.85. The minimum absolute atomic E-state index is 0.118. The van der Waals surface area contributed by atoms with Crippen molar-refractivity contribution in [3.63, 3.8) is 0 Å². The van der Waals surface area contributed by atoms with E-state index in [1.54, 1.807) is 16.9 Å². The standard InChI is InChI=1S/C25H18F3N5O/c1-14-8-20-11-19(12-29)32-33(20)24(16-3-5-18(6-4-16)25(26,27)28)23(14)22(34)10-15-2-7-21-17(9-15)13-30-31-21/h2-7,9,11,13,24H,8,10H2,1H3,(H,30,31). The first kappa shape index (κ1) is 21.6. The maximum absolute atomic E-state index is 13.6. The topological polar surface area (TPSA) is 87.4 Å². The van der Waals surface area contributed by atoms with E-state index in [2.05, 4.69) is 15.3 Å². The fourth-order valence-electron chi connectivity index (χ4n) is 4.50. The molecule has 0 amide bonds. The van der Waals surface area contributed by atoms with Crippen molar-refractivity contribution in [2.24, 2.45) is 0 Å². The van der Waals surface area contributed by atoms with E-state index in [1.807, 2.05) is 31.2 Å². The van der Waals surface area contributed by atoms with E-state index >= 15 is 0 Å². The van der Waals surface area contributed by atoms with Crippen LogP contribution in [0.3, 0.4) is 0 Å². The van der Waals surface area contributed by atoms with Gasteiger partial charge in [-0.3, -0.25) is 14.6 Å². The number of carbonyl (C=O) groups excluding carboxylic acids is 1. The zero-order valence-electron chi connectivity index (χ0n) is 18.0. The number of halogens is 3. The van der Waals surface area contributed by atoms with E-state index < -0.39 is 17.8 Å². The lowest BCUT2D eigenvalue weighted by molar-refractivity contribution is -0.137. The number of allylic oxidation sites excluding steroid dienone is 2. The van der Waals surface area contributed by atoms with E-state index in [0.717, 1.165) is 39.9 Å². The van der Waals surface area contributed by atoms with Crippen LogP contribution in [0.2, 0.25) is 0 Å². The van der Waals surface area contributed by atoms with E-state index in [1.165, 1.54) is 12.1 Å². The predicted molar refractivity (Wildman–Crippen MR) is 118 cm³/mol. The summed E-state index contributed by atoms with van der Waals surface area (Å²) in [6.45, 7) is 1.84. The van der Waals surface area contributed by atoms with Gasteiger partial charge in [-0.2, -0.15) is 28.6 Å². The molecule has 1 aliphatic rings. The summed E-state index contributed by atoms with van der Waals surface area (Å²) in [6, 6.07) is 13.3. The van der Waals surface area contributed by atoms with Crippen molar-refractivity contribution >= 4 is 16.7 Å².